The third-order valence-electron chi connectivity index (χ3n) is 34.5. The maximum absolute atomic E-state index is 17.1. The van der Waals surface area contributed by atoms with E-state index >= 15 is 4.79 Å². The summed E-state index contributed by atoms with van der Waals surface area (Å²) < 4.78 is 0. The van der Waals surface area contributed by atoms with Crippen LogP contribution in [0.3, 0.4) is 0 Å². The first-order valence-electron chi connectivity index (χ1n) is 41.2. The molecule has 115 heavy (non-hydrogen) atoms. The molecule has 6 heterocycles. The first-order valence-corrected chi connectivity index (χ1v) is 41.2. The van der Waals surface area contributed by atoms with Gasteiger partial charge in [0.05, 0.1) is 39.8 Å². The van der Waals surface area contributed by atoms with Crippen LogP contribution in [-0.2, 0) is 10.8 Å². The van der Waals surface area contributed by atoms with Gasteiger partial charge in [0.15, 0.2) is 0 Å². The highest BCUT2D eigenvalue weighted by Gasteiger charge is 2.76. The molecule has 3 aliphatic heterocycles. The normalized spacial score (nSPS) is 19.4. The van der Waals surface area contributed by atoms with Crippen LogP contribution < -0.4 is 5.32 Å². The lowest BCUT2D eigenvalue weighted by molar-refractivity contribution is 0.0872. The molecule has 0 saturated carbocycles. The third kappa shape index (κ3) is 3.78. The minimum Gasteiger partial charge on any atom is -0.354 e. The number of likely N-dealkylation sites (tertiary alicyclic amines) is 1. The zero-order valence-corrected chi connectivity index (χ0v) is 60.1. The third-order valence-corrected chi connectivity index (χ3v) is 34.5. The number of nitrogens with zero attached hydrogens (tertiary/aromatic N) is 3. The molecule has 1 atom stereocenters. The Hall–Kier alpha value is -14.6. The van der Waals surface area contributed by atoms with E-state index in [1.54, 1.807) is 292 Å². The lowest BCUT2D eigenvalue weighted by Crippen LogP contribution is -2.60. The van der Waals surface area contributed by atoms with Crippen LogP contribution in [0.15, 0.2) is 140 Å². The van der Waals surface area contributed by atoms with Crippen molar-refractivity contribution >= 4 is 343 Å². The molecule has 7 aliphatic rings. The van der Waals surface area contributed by atoms with Crippen molar-refractivity contribution in [2.45, 2.75) is 17.0 Å². The molecule has 1 unspecified atom stereocenters. The SMILES string of the molecule is CN1CC23c4c5c6c7c8c9c(c%10c%11c2c2c4c4c%12c5c5c6c6c8c8c%13c9c9c%10c%10c%11c%11c2c2c4c4c%12c%12c5c5c6c8c6c8c%13c9c9c%10c%10c%11c2c2c4c4c%12c5c6c5c8c9c%10c2c45)C73C1NC(=O)c1ccc(-c2c3nc(c(-c4ccccc4)c4ccc([nH]4)c(-c4ccccc4)c4nc(c(-c5ccccc5)c5ccc2[nH]5)C=C4)C=C3)cc1. The molecule has 2 spiro atoms. The zero-order chi connectivity index (χ0) is 71.4. The second kappa shape index (κ2) is 13.8. The summed E-state index contributed by atoms with van der Waals surface area (Å²) in [6.07, 6.45) is 8.28. The van der Waals surface area contributed by atoms with Crippen molar-refractivity contribution in [2.75, 3.05) is 13.6 Å². The average Bonchev–Trinajstić information content (AvgIpc) is 1.38. The molecule has 8 bridgehead atoms. The van der Waals surface area contributed by atoms with Crippen molar-refractivity contribution in [1.82, 2.24) is 30.2 Å². The smallest absolute Gasteiger partial charge is 0.252 e. The Morgan fingerprint density at radius 1 is 0.287 bits per heavy atom. The van der Waals surface area contributed by atoms with E-state index in [2.05, 4.69) is 191 Å². The van der Waals surface area contributed by atoms with Crippen LogP contribution in [0.5, 0.6) is 0 Å². The van der Waals surface area contributed by atoms with E-state index in [4.69, 9.17) is 9.97 Å². The van der Waals surface area contributed by atoms with Gasteiger partial charge in [0, 0.05) is 56.4 Å². The summed E-state index contributed by atoms with van der Waals surface area (Å²) in [5, 5.41) is 89.6. The Labute approximate surface area is 639 Å². The minimum absolute atomic E-state index is 0.0411. The minimum atomic E-state index is -0.705. The second-order valence-corrected chi connectivity index (χ2v) is 37.4. The number of fused-ring (bicyclic) bond motifs is 8. The average molecular weight is 1430 g/mol. The Balaban J connectivity index is 0.613. The lowest BCUT2D eigenvalue weighted by Gasteiger charge is -2.51. The van der Waals surface area contributed by atoms with Crippen molar-refractivity contribution in [3.63, 3.8) is 0 Å². The highest BCUT2D eigenvalue weighted by Crippen LogP contribution is 2.86. The van der Waals surface area contributed by atoms with E-state index in [1.165, 1.54) is 21.5 Å². The molecule has 1 amide bonds. The Bertz CT molecular complexity index is 10600. The van der Waals surface area contributed by atoms with E-state index < -0.39 is 17.0 Å². The maximum atomic E-state index is 17.1. The predicted molar refractivity (Wildman–Crippen MR) is 478 cm³/mol. The molecule has 35 aromatic rings. The number of carbonyl (C=O) groups excluding carboxylic acids is 1. The number of nitrogens with one attached hydrogen (secondary N) is 3. The topological polar surface area (TPSA) is 89.7 Å². The quantitative estimate of drug-likeness (QED) is 0.145. The van der Waals surface area contributed by atoms with Gasteiger partial charge in [-0.1, -0.05) is 103 Å². The van der Waals surface area contributed by atoms with Gasteiger partial charge in [-0.2, -0.15) is 0 Å². The molecule has 7 nitrogen and oxygen atoms in total. The summed E-state index contributed by atoms with van der Waals surface area (Å²) in [5.41, 5.74) is 21.1. The fourth-order valence-electron chi connectivity index (χ4n) is 32.5. The van der Waals surface area contributed by atoms with Crippen molar-refractivity contribution in [3.05, 3.63) is 190 Å². The summed E-state index contributed by atoms with van der Waals surface area (Å²) in [4.78, 5) is 39.0. The summed E-state index contributed by atoms with van der Waals surface area (Å²) in [6, 6.07) is 49.4. The van der Waals surface area contributed by atoms with Crippen molar-refractivity contribution in [3.8, 4) is 44.5 Å². The van der Waals surface area contributed by atoms with E-state index in [-0.39, 0.29) is 5.91 Å². The lowest BCUT2D eigenvalue weighted by atomic mass is 9.49. The van der Waals surface area contributed by atoms with Crippen LogP contribution in [0.4, 0.5) is 0 Å². The number of rotatable bonds is 6. The number of hydrogen-bond donors (Lipinski definition) is 3. The first-order chi connectivity index (χ1) is 57.0. The first kappa shape index (κ1) is 50.3. The van der Waals surface area contributed by atoms with E-state index in [1.807, 2.05) is 0 Å². The van der Waals surface area contributed by atoms with Gasteiger partial charge in [0.2, 0.25) is 0 Å². The van der Waals surface area contributed by atoms with E-state index in [0.717, 1.165) is 95.9 Å². The van der Waals surface area contributed by atoms with Crippen LogP contribution in [0.1, 0.15) is 55.4 Å². The van der Waals surface area contributed by atoms with Gasteiger partial charge in [-0.15, -0.1) is 0 Å². The Kier molecular flexibility index (Phi) is 6.02. The molecular formula is C108H36N6O. The largest absolute Gasteiger partial charge is 0.354 e. The molecule has 1 saturated heterocycles. The van der Waals surface area contributed by atoms with Gasteiger partial charge in [-0.25, -0.2) is 9.97 Å². The van der Waals surface area contributed by atoms with Gasteiger partial charge < -0.3 is 15.3 Å². The molecular weight excluding hydrogens is 1400 g/mol. The second-order valence-electron chi connectivity index (χ2n) is 37.4. The number of likely N-dealkylation sites (N-methyl/N-ethyl adjacent to an activating group) is 1. The fourth-order valence-corrected chi connectivity index (χ4v) is 32.5. The summed E-state index contributed by atoms with van der Waals surface area (Å²) in [6.45, 7) is 0.797. The summed E-state index contributed by atoms with van der Waals surface area (Å²) >= 11 is 0. The fraction of sp³-hybridized carbons (Fsp3) is 0.0463. The van der Waals surface area contributed by atoms with Crippen molar-refractivity contribution in [2.24, 2.45) is 0 Å². The van der Waals surface area contributed by atoms with E-state index in [9.17, 15) is 0 Å². The van der Waals surface area contributed by atoms with Crippen LogP contribution in [0.2, 0.25) is 0 Å². The molecule has 42 rings (SSSR count). The highest BCUT2D eigenvalue weighted by atomic mass is 16.2. The molecule has 3 N–H and O–H groups in total. The molecule has 504 valence electrons. The molecule has 0 radical (unpaired) electrons. The summed E-state index contributed by atoms with van der Waals surface area (Å²) in [5.74, 6) is -0.0411. The molecule has 4 aliphatic carbocycles. The van der Waals surface area contributed by atoms with E-state index in [0.29, 0.717) is 5.56 Å². The maximum Gasteiger partial charge on any atom is 0.252 e. The van der Waals surface area contributed by atoms with Gasteiger partial charge in [-0.3, -0.25) is 9.69 Å². The van der Waals surface area contributed by atoms with Crippen LogP contribution in [-0.4, -0.2) is 50.5 Å². The van der Waals surface area contributed by atoms with Gasteiger partial charge >= 0.3 is 0 Å². The zero-order valence-electron chi connectivity index (χ0n) is 60.1. The standard InChI is InChI=1S/C108H36N6O/c1-114-29-107-101-93-85-75-65-57-49-47-48-51-55-53(49)61-69-63(55)73-67-59(51)60-52(48)56-54-50(47)58(57)66-72-62(54)70-64(56)74-68(60)78-77(67)89-83(73)91-81(69)87(79(85)71(61)65)95(101)97(91)103-99(89)100-90(78)84(74)92-82(70)88-80(72)86(76(66)75)94(93)102(107)96(88)98(92)104(100)108(103,107)106(114)113-105(115)34-19-17-33(18-20-34)46-41-27-25-39(111-41)44(31-13-7-3-8-14-31)37-23-21-35(109-37)43(30-11-5-2-6-12-30)36-22-24-38(110-36)45(32-15-9-4-10-16-32)40-26-28-42(46)112-40/h2-28,106,109,112H,29H2,1H3,(H,113,115). The number of H-pyrrole nitrogens is 2. The monoisotopic (exact) mass is 1430 g/mol. The molecule has 3 aromatic heterocycles. The van der Waals surface area contributed by atoms with Gasteiger partial charge in [0.25, 0.3) is 5.91 Å². The number of carbonyl (C=O) groups is 1. The van der Waals surface area contributed by atoms with Crippen molar-refractivity contribution < 1.29 is 4.79 Å². The van der Waals surface area contributed by atoms with Crippen LogP contribution in [0.25, 0.3) is 382 Å². The molecule has 32 aromatic carbocycles. The molecule has 7 heteroatoms. The van der Waals surface area contributed by atoms with Gasteiger partial charge in [-0.05, 0) is 403 Å². The Morgan fingerprint density at radius 3 is 0.748 bits per heavy atom. The number of hydrogen-bond acceptors (Lipinski definition) is 4. The predicted octanol–water partition coefficient (Wildman–Crippen LogP) is 26.6. The molecule has 1 fully saturated rings. The van der Waals surface area contributed by atoms with Crippen molar-refractivity contribution in [1.29, 1.82) is 0 Å². The number of benzene rings is 22. The highest BCUT2D eigenvalue weighted by molar-refractivity contribution is 6.82. The Morgan fingerprint density at radius 2 is 0.504 bits per heavy atom. The van der Waals surface area contributed by atoms with Crippen LogP contribution >= 0.6 is 0 Å². The summed E-state index contributed by atoms with van der Waals surface area (Å²) in [7, 11) is 2.42. The number of amides is 1. The van der Waals surface area contributed by atoms with Crippen LogP contribution in [0, 0.1) is 0 Å². The van der Waals surface area contributed by atoms with Gasteiger partial charge in [0.1, 0.15) is 0 Å². The number of aromatic amines is 2. The number of aromatic nitrogens is 4.